The number of rotatable bonds is 1. The first-order valence-electron chi connectivity index (χ1n) is 3.86. The lowest BCUT2D eigenvalue weighted by Crippen LogP contribution is -1.87. The summed E-state index contributed by atoms with van der Waals surface area (Å²) in [7, 11) is 0. The van der Waals surface area contributed by atoms with Crippen LogP contribution in [0.25, 0.3) is 0 Å². The van der Waals surface area contributed by atoms with Crippen LogP contribution >= 0.6 is 0 Å². The summed E-state index contributed by atoms with van der Waals surface area (Å²) in [5.41, 5.74) is 7.34. The first-order valence-corrected chi connectivity index (χ1v) is 3.86. The average molecular weight is 149 g/mol. The molecule has 0 bridgehead atoms. The first kappa shape index (κ1) is 6.53. The van der Waals surface area contributed by atoms with E-state index >= 15 is 0 Å². The SMILES string of the molecule is Nc1ccc(O)c(C2CC2)c1. The van der Waals surface area contributed by atoms with Crippen molar-refractivity contribution < 1.29 is 5.11 Å². The van der Waals surface area contributed by atoms with Crippen LogP contribution in [0.15, 0.2) is 18.2 Å². The van der Waals surface area contributed by atoms with Crippen LogP contribution in [0.5, 0.6) is 5.75 Å². The van der Waals surface area contributed by atoms with E-state index in [-0.39, 0.29) is 0 Å². The van der Waals surface area contributed by atoms with Gasteiger partial charge in [-0.1, -0.05) is 0 Å². The van der Waals surface area contributed by atoms with E-state index in [4.69, 9.17) is 5.73 Å². The number of nitrogens with two attached hydrogens (primary N) is 1. The van der Waals surface area contributed by atoms with Gasteiger partial charge in [0.25, 0.3) is 0 Å². The summed E-state index contributed by atoms with van der Waals surface area (Å²) in [6.07, 6.45) is 2.38. The van der Waals surface area contributed by atoms with Gasteiger partial charge in [0.1, 0.15) is 5.75 Å². The number of aromatic hydroxyl groups is 1. The zero-order valence-corrected chi connectivity index (χ0v) is 6.25. The van der Waals surface area contributed by atoms with E-state index in [0.29, 0.717) is 11.7 Å². The Labute approximate surface area is 65.7 Å². The highest BCUT2D eigenvalue weighted by molar-refractivity contribution is 5.49. The molecule has 0 atom stereocenters. The van der Waals surface area contributed by atoms with Gasteiger partial charge in [-0.15, -0.1) is 0 Å². The molecule has 0 aliphatic heterocycles. The van der Waals surface area contributed by atoms with Crippen molar-refractivity contribution in [3.8, 4) is 5.75 Å². The van der Waals surface area contributed by atoms with Gasteiger partial charge in [0, 0.05) is 5.69 Å². The second-order valence-corrected chi connectivity index (χ2v) is 3.09. The van der Waals surface area contributed by atoms with Gasteiger partial charge in [0.2, 0.25) is 0 Å². The molecule has 0 saturated heterocycles. The van der Waals surface area contributed by atoms with E-state index in [1.54, 1.807) is 12.1 Å². The molecular formula is C9H11NO. The zero-order chi connectivity index (χ0) is 7.84. The van der Waals surface area contributed by atoms with Crippen LogP contribution in [-0.4, -0.2) is 5.11 Å². The number of phenols is 1. The maximum absolute atomic E-state index is 9.39. The largest absolute Gasteiger partial charge is 0.508 e. The quantitative estimate of drug-likeness (QED) is 0.473. The zero-order valence-electron chi connectivity index (χ0n) is 6.25. The molecule has 2 heteroatoms. The monoisotopic (exact) mass is 149 g/mol. The van der Waals surface area contributed by atoms with Crippen LogP contribution in [0.3, 0.4) is 0 Å². The highest BCUT2D eigenvalue weighted by Gasteiger charge is 2.26. The molecule has 3 N–H and O–H groups in total. The third kappa shape index (κ3) is 1.16. The van der Waals surface area contributed by atoms with Gasteiger partial charge >= 0.3 is 0 Å². The van der Waals surface area contributed by atoms with Crippen LogP contribution in [0.4, 0.5) is 5.69 Å². The second-order valence-electron chi connectivity index (χ2n) is 3.09. The lowest BCUT2D eigenvalue weighted by molar-refractivity contribution is 0.468. The lowest BCUT2D eigenvalue weighted by Gasteiger charge is -2.02. The van der Waals surface area contributed by atoms with Crippen LogP contribution in [-0.2, 0) is 0 Å². The number of phenolic OH excluding ortho intramolecular Hbond substituents is 1. The standard InChI is InChI=1S/C9H11NO/c10-7-3-4-9(11)8(5-7)6-1-2-6/h3-6,11H,1-2,10H2. The fourth-order valence-electron chi connectivity index (χ4n) is 1.29. The summed E-state index contributed by atoms with van der Waals surface area (Å²) in [5, 5.41) is 9.39. The molecule has 1 aliphatic carbocycles. The minimum absolute atomic E-state index is 0.390. The summed E-state index contributed by atoms with van der Waals surface area (Å²) in [4.78, 5) is 0. The lowest BCUT2D eigenvalue weighted by atomic mass is 10.1. The third-order valence-corrected chi connectivity index (χ3v) is 2.07. The van der Waals surface area contributed by atoms with E-state index in [0.717, 1.165) is 11.3 Å². The van der Waals surface area contributed by atoms with E-state index < -0.39 is 0 Å². The maximum atomic E-state index is 9.39. The van der Waals surface area contributed by atoms with Crippen molar-refractivity contribution in [2.24, 2.45) is 0 Å². The Morgan fingerprint density at radius 1 is 1.36 bits per heavy atom. The molecule has 1 aliphatic rings. The minimum Gasteiger partial charge on any atom is -0.508 e. The molecule has 1 fully saturated rings. The smallest absolute Gasteiger partial charge is 0.119 e. The van der Waals surface area contributed by atoms with Gasteiger partial charge in [0.15, 0.2) is 0 Å². The van der Waals surface area contributed by atoms with Crippen LogP contribution in [0.1, 0.15) is 24.3 Å². The summed E-state index contributed by atoms with van der Waals surface area (Å²) in [6, 6.07) is 5.26. The molecule has 0 aromatic heterocycles. The Kier molecular flexibility index (Phi) is 1.28. The van der Waals surface area contributed by atoms with Gasteiger partial charge in [-0.05, 0) is 42.5 Å². The molecule has 2 nitrogen and oxygen atoms in total. The van der Waals surface area contributed by atoms with Crippen LogP contribution < -0.4 is 5.73 Å². The van der Waals surface area contributed by atoms with E-state index in [1.807, 2.05) is 6.07 Å². The van der Waals surface area contributed by atoms with E-state index in [2.05, 4.69) is 0 Å². The van der Waals surface area contributed by atoms with Crippen molar-refractivity contribution in [1.82, 2.24) is 0 Å². The molecule has 0 unspecified atom stereocenters. The molecule has 0 amide bonds. The number of hydrogen-bond donors (Lipinski definition) is 2. The predicted octanol–water partition coefficient (Wildman–Crippen LogP) is 1.85. The molecule has 0 heterocycles. The van der Waals surface area contributed by atoms with Crippen molar-refractivity contribution in [3.63, 3.8) is 0 Å². The summed E-state index contributed by atoms with van der Waals surface area (Å²) < 4.78 is 0. The Hall–Kier alpha value is -1.18. The topological polar surface area (TPSA) is 46.2 Å². The summed E-state index contributed by atoms with van der Waals surface area (Å²) in [6.45, 7) is 0. The van der Waals surface area contributed by atoms with Crippen LogP contribution in [0.2, 0.25) is 0 Å². The molecular weight excluding hydrogens is 138 g/mol. The third-order valence-electron chi connectivity index (χ3n) is 2.07. The van der Waals surface area contributed by atoms with E-state index in [1.165, 1.54) is 12.8 Å². The number of hydrogen-bond acceptors (Lipinski definition) is 2. The van der Waals surface area contributed by atoms with Gasteiger partial charge in [-0.2, -0.15) is 0 Å². The minimum atomic E-state index is 0.390. The summed E-state index contributed by atoms with van der Waals surface area (Å²) in [5.74, 6) is 0.959. The van der Waals surface area contributed by atoms with Crippen molar-refractivity contribution in [2.75, 3.05) is 5.73 Å². The highest BCUT2D eigenvalue weighted by atomic mass is 16.3. The Morgan fingerprint density at radius 2 is 2.09 bits per heavy atom. The molecule has 0 radical (unpaired) electrons. The van der Waals surface area contributed by atoms with Crippen molar-refractivity contribution >= 4 is 5.69 Å². The van der Waals surface area contributed by atoms with Crippen molar-refractivity contribution in [2.45, 2.75) is 18.8 Å². The molecule has 2 rings (SSSR count). The fourth-order valence-corrected chi connectivity index (χ4v) is 1.29. The number of benzene rings is 1. The molecule has 58 valence electrons. The van der Waals surface area contributed by atoms with Gasteiger partial charge in [-0.25, -0.2) is 0 Å². The van der Waals surface area contributed by atoms with Crippen LogP contribution in [0, 0.1) is 0 Å². The number of nitrogen functional groups attached to an aromatic ring is 1. The highest BCUT2D eigenvalue weighted by Crippen LogP contribution is 2.44. The molecule has 1 saturated carbocycles. The predicted molar refractivity (Wildman–Crippen MR) is 44.5 cm³/mol. The van der Waals surface area contributed by atoms with E-state index in [9.17, 15) is 5.11 Å². The van der Waals surface area contributed by atoms with Gasteiger partial charge in [0.05, 0.1) is 0 Å². The normalized spacial score (nSPS) is 16.7. The summed E-state index contributed by atoms with van der Waals surface area (Å²) >= 11 is 0. The molecule has 11 heavy (non-hydrogen) atoms. The maximum Gasteiger partial charge on any atom is 0.119 e. The van der Waals surface area contributed by atoms with Gasteiger partial charge in [-0.3, -0.25) is 0 Å². The second kappa shape index (κ2) is 2.16. The average Bonchev–Trinajstić information content (AvgIpc) is 2.76. The molecule has 1 aromatic rings. The van der Waals surface area contributed by atoms with Crippen molar-refractivity contribution in [3.05, 3.63) is 23.8 Å². The van der Waals surface area contributed by atoms with Gasteiger partial charge < -0.3 is 10.8 Å². The Bertz CT molecular complexity index is 279. The molecule has 0 spiro atoms. The van der Waals surface area contributed by atoms with Crippen molar-refractivity contribution in [1.29, 1.82) is 0 Å². The first-order chi connectivity index (χ1) is 5.27. The number of anilines is 1. The fraction of sp³-hybridized carbons (Fsp3) is 0.333. The Morgan fingerprint density at radius 3 is 2.73 bits per heavy atom. The molecule has 1 aromatic carbocycles. The Balaban J connectivity index is 2.42.